The second-order valence-electron chi connectivity index (χ2n) is 9.30. The number of urea groups is 1. The number of amides is 3. The van der Waals surface area contributed by atoms with E-state index in [0.29, 0.717) is 10.2 Å². The molecule has 2 aliphatic heterocycles. The molecule has 0 unspecified atom stereocenters. The molecule has 204 valence electrons. The lowest BCUT2D eigenvalue weighted by Crippen LogP contribution is -2.34. The van der Waals surface area contributed by atoms with Gasteiger partial charge in [-0.05, 0) is 54.1 Å². The van der Waals surface area contributed by atoms with Gasteiger partial charge in [0.25, 0.3) is 5.91 Å². The fourth-order valence-electron chi connectivity index (χ4n) is 5.05. The van der Waals surface area contributed by atoms with Crippen LogP contribution in [0.2, 0.25) is 5.02 Å². The number of alkyl halides is 2. The molecule has 1 aromatic heterocycles. The molecule has 3 N–H and O–H groups in total. The lowest BCUT2D eigenvalue weighted by atomic mass is 9.93. The number of aliphatic hydroxyl groups excluding tert-OH is 1. The first-order valence-electron chi connectivity index (χ1n) is 11.9. The Morgan fingerprint density at radius 2 is 1.80 bits per heavy atom. The van der Waals surface area contributed by atoms with Gasteiger partial charge in [0, 0.05) is 44.7 Å². The normalized spacial score (nSPS) is 17.7. The van der Waals surface area contributed by atoms with Gasteiger partial charge in [-0.2, -0.15) is 13.9 Å². The zero-order chi connectivity index (χ0) is 28.3. The first-order valence-corrected chi connectivity index (χ1v) is 12.3. The number of carbonyl (C=O) groups excluding carboxylic acids is 2. The lowest BCUT2D eigenvalue weighted by Gasteiger charge is -2.22. The fourth-order valence-corrected chi connectivity index (χ4v) is 5.28. The van der Waals surface area contributed by atoms with Crippen molar-refractivity contribution in [2.24, 2.45) is 0 Å². The van der Waals surface area contributed by atoms with Gasteiger partial charge in [0.15, 0.2) is 0 Å². The van der Waals surface area contributed by atoms with Crippen molar-refractivity contribution in [1.82, 2.24) is 15.1 Å². The Balaban J connectivity index is 1.46. The first-order chi connectivity index (χ1) is 19.1. The van der Waals surface area contributed by atoms with Crippen molar-refractivity contribution in [2.75, 3.05) is 16.8 Å². The number of hydrogen-bond donors (Lipinski definition) is 3. The number of aliphatic hydroxyl groups is 1. The van der Waals surface area contributed by atoms with E-state index in [9.17, 15) is 32.3 Å². The smallest absolute Gasteiger partial charge is 0.333 e. The Hall–Kier alpha value is -4.42. The number of fused-ring (bicyclic) bond motifs is 2. The quantitative estimate of drug-likeness (QED) is 0.270. The Morgan fingerprint density at radius 1 is 1.07 bits per heavy atom. The number of β-amino-alcohol motifs (C(OH)–C–C–N with tert-alkyl or cyclic N) is 1. The number of hydrogen-bond acceptors (Lipinski definition) is 4. The highest BCUT2D eigenvalue weighted by Gasteiger charge is 2.37. The second-order valence-corrected chi connectivity index (χ2v) is 9.71. The molecule has 2 aliphatic rings. The standard InChI is InChI=1S/C27H18ClF4N5O3/c28-19-3-1-14(29)7-16(19)24-23-18(25(39)35-24)5-12(13-9-33-37(10-13)26(31)32)6-20(23)34-27(40)36-11-22(38)17-8-15(30)2-4-21(17)36/h1-10,22,24,26,38H,11H2,(H,34,40)(H,35,39)/t22-,24+/m0/s1. The summed E-state index contributed by atoms with van der Waals surface area (Å²) in [5.74, 6) is -1.73. The van der Waals surface area contributed by atoms with E-state index < -0.39 is 42.3 Å². The van der Waals surface area contributed by atoms with Gasteiger partial charge in [-0.3, -0.25) is 9.69 Å². The molecular formula is C27H18ClF4N5O3. The minimum Gasteiger partial charge on any atom is -0.386 e. The van der Waals surface area contributed by atoms with E-state index in [-0.39, 0.29) is 50.8 Å². The number of carbonyl (C=O) groups is 2. The van der Waals surface area contributed by atoms with Crippen LogP contribution in [0.3, 0.4) is 0 Å². The summed E-state index contributed by atoms with van der Waals surface area (Å²) in [6.07, 6.45) is 1.15. The topological polar surface area (TPSA) is 99.5 Å². The Bertz CT molecular complexity index is 1690. The van der Waals surface area contributed by atoms with Crippen molar-refractivity contribution in [3.05, 3.63) is 99.8 Å². The predicted octanol–water partition coefficient (Wildman–Crippen LogP) is 5.80. The van der Waals surface area contributed by atoms with E-state index in [4.69, 9.17) is 11.6 Å². The Kier molecular flexibility index (Phi) is 6.23. The molecule has 0 saturated heterocycles. The van der Waals surface area contributed by atoms with E-state index in [0.717, 1.165) is 30.5 Å². The van der Waals surface area contributed by atoms with E-state index in [1.807, 2.05) is 0 Å². The maximum absolute atomic E-state index is 14.2. The summed E-state index contributed by atoms with van der Waals surface area (Å²) >= 11 is 6.34. The fraction of sp³-hybridized carbons (Fsp3) is 0.148. The summed E-state index contributed by atoms with van der Waals surface area (Å²) in [5, 5.41) is 19.7. The number of nitrogens with zero attached hydrogens (tertiary/aromatic N) is 3. The van der Waals surface area contributed by atoms with Gasteiger partial charge >= 0.3 is 12.6 Å². The molecule has 2 atom stereocenters. The largest absolute Gasteiger partial charge is 0.386 e. The number of benzene rings is 3. The van der Waals surface area contributed by atoms with Crippen LogP contribution in [0, 0.1) is 11.6 Å². The predicted molar refractivity (Wildman–Crippen MR) is 137 cm³/mol. The van der Waals surface area contributed by atoms with Crippen molar-refractivity contribution >= 4 is 34.9 Å². The highest BCUT2D eigenvalue weighted by molar-refractivity contribution is 6.31. The van der Waals surface area contributed by atoms with Gasteiger partial charge in [0.05, 0.1) is 30.6 Å². The van der Waals surface area contributed by atoms with Crippen molar-refractivity contribution in [2.45, 2.75) is 18.7 Å². The van der Waals surface area contributed by atoms with Crippen LogP contribution in [-0.4, -0.2) is 33.4 Å². The average molecular weight is 572 g/mol. The molecule has 40 heavy (non-hydrogen) atoms. The summed E-state index contributed by atoms with van der Waals surface area (Å²) < 4.78 is 54.7. The minimum absolute atomic E-state index is 0.104. The third kappa shape index (κ3) is 4.34. The second kappa shape index (κ2) is 9.65. The first kappa shape index (κ1) is 25.8. The van der Waals surface area contributed by atoms with Gasteiger partial charge in [0.2, 0.25) is 0 Å². The maximum atomic E-state index is 14.2. The maximum Gasteiger partial charge on any atom is 0.333 e. The summed E-state index contributed by atoms with van der Waals surface area (Å²) in [7, 11) is 0. The van der Waals surface area contributed by atoms with Gasteiger partial charge < -0.3 is 15.7 Å². The molecule has 0 spiro atoms. The molecule has 0 saturated carbocycles. The summed E-state index contributed by atoms with van der Waals surface area (Å²) in [4.78, 5) is 27.8. The van der Waals surface area contributed by atoms with Crippen LogP contribution >= 0.6 is 11.6 Å². The molecule has 3 aromatic carbocycles. The monoisotopic (exact) mass is 571 g/mol. The number of rotatable bonds is 4. The van der Waals surface area contributed by atoms with E-state index in [2.05, 4.69) is 15.7 Å². The van der Waals surface area contributed by atoms with E-state index in [1.54, 1.807) is 0 Å². The highest BCUT2D eigenvalue weighted by atomic mass is 35.5. The molecule has 6 rings (SSSR count). The van der Waals surface area contributed by atoms with Crippen molar-refractivity contribution in [3.8, 4) is 11.1 Å². The number of nitrogens with one attached hydrogen (secondary N) is 2. The molecule has 0 aliphatic carbocycles. The molecule has 0 fully saturated rings. The number of aromatic nitrogens is 2. The van der Waals surface area contributed by atoms with Crippen LogP contribution < -0.4 is 15.5 Å². The molecule has 13 heteroatoms. The van der Waals surface area contributed by atoms with Gasteiger partial charge in [-0.1, -0.05) is 11.6 Å². The van der Waals surface area contributed by atoms with E-state index >= 15 is 0 Å². The van der Waals surface area contributed by atoms with Crippen LogP contribution in [0.1, 0.15) is 45.7 Å². The number of halogens is 5. The third-order valence-electron chi connectivity index (χ3n) is 6.87. The minimum atomic E-state index is -2.89. The third-order valence-corrected chi connectivity index (χ3v) is 7.22. The zero-order valence-corrected chi connectivity index (χ0v) is 21.0. The Labute approximate surface area is 228 Å². The lowest BCUT2D eigenvalue weighted by molar-refractivity contribution is 0.0566. The zero-order valence-electron chi connectivity index (χ0n) is 20.2. The SMILES string of the molecule is O=C1N[C@H](c2cc(F)ccc2Cl)c2c(NC(=O)N3C[C@H](O)c4cc(F)ccc43)cc(-c3cnn(C(F)F)c3)cc21. The highest BCUT2D eigenvalue weighted by Crippen LogP contribution is 2.42. The molecular weight excluding hydrogens is 554 g/mol. The van der Waals surface area contributed by atoms with Crippen LogP contribution in [0.15, 0.2) is 60.9 Å². The molecule has 4 aromatic rings. The van der Waals surface area contributed by atoms with Crippen LogP contribution in [0.25, 0.3) is 11.1 Å². The molecule has 8 nitrogen and oxygen atoms in total. The van der Waals surface area contributed by atoms with Gasteiger partial charge in [-0.25, -0.2) is 18.3 Å². The van der Waals surface area contributed by atoms with Crippen LogP contribution in [0.5, 0.6) is 0 Å². The average Bonchev–Trinajstić information content (AvgIpc) is 3.62. The van der Waals surface area contributed by atoms with Gasteiger partial charge in [-0.15, -0.1) is 0 Å². The Morgan fingerprint density at radius 3 is 2.52 bits per heavy atom. The van der Waals surface area contributed by atoms with Crippen LogP contribution in [-0.2, 0) is 0 Å². The molecule has 3 amide bonds. The van der Waals surface area contributed by atoms with Gasteiger partial charge in [0.1, 0.15) is 11.6 Å². The van der Waals surface area contributed by atoms with Crippen molar-refractivity contribution in [1.29, 1.82) is 0 Å². The van der Waals surface area contributed by atoms with Crippen LogP contribution in [0.4, 0.5) is 33.7 Å². The van der Waals surface area contributed by atoms with Crippen molar-refractivity contribution < 1.29 is 32.3 Å². The summed E-state index contributed by atoms with van der Waals surface area (Å²) in [6.45, 7) is -3.05. The molecule has 0 bridgehead atoms. The summed E-state index contributed by atoms with van der Waals surface area (Å²) in [6, 6.07) is 8.58. The summed E-state index contributed by atoms with van der Waals surface area (Å²) in [5.41, 5.74) is 1.78. The molecule has 3 heterocycles. The molecule has 0 radical (unpaired) electrons. The van der Waals surface area contributed by atoms with E-state index in [1.165, 1.54) is 35.4 Å². The van der Waals surface area contributed by atoms with Crippen molar-refractivity contribution in [3.63, 3.8) is 0 Å². The number of anilines is 2.